The monoisotopic (exact) mass is 296 g/mol. The number of carbonyl (C=O) groups is 1. The lowest BCUT2D eigenvalue weighted by Crippen LogP contribution is -2.48. The minimum Gasteiger partial charge on any atom is -0.336 e. The van der Waals surface area contributed by atoms with Crippen LogP contribution in [-0.4, -0.2) is 52.1 Å². The van der Waals surface area contributed by atoms with E-state index >= 15 is 0 Å². The van der Waals surface area contributed by atoms with Gasteiger partial charge in [0.2, 0.25) is 0 Å². The number of hydrogen-bond acceptors (Lipinski definition) is 4. The number of aromatic nitrogens is 2. The fraction of sp³-hybridized carbons (Fsp3) is 0.353. The van der Waals surface area contributed by atoms with Gasteiger partial charge in [-0.15, -0.1) is 0 Å². The number of piperazine rings is 1. The standard InChI is InChI=1S/C17H20N4O/c1-14-16(7-8-18-19-14)17(22)21-11-9-20(10-12-21)13-15-5-3-2-4-6-15/h2-8H,9-13H2,1H3. The zero-order chi connectivity index (χ0) is 15.4. The van der Waals surface area contributed by atoms with Crippen molar-refractivity contribution in [3.8, 4) is 0 Å². The molecule has 0 aliphatic carbocycles. The van der Waals surface area contributed by atoms with Gasteiger partial charge in [-0.05, 0) is 18.6 Å². The van der Waals surface area contributed by atoms with Crippen molar-refractivity contribution in [3.05, 3.63) is 59.4 Å². The number of hydrogen-bond donors (Lipinski definition) is 0. The topological polar surface area (TPSA) is 49.3 Å². The molecule has 1 aromatic heterocycles. The van der Waals surface area contributed by atoms with Gasteiger partial charge in [0.1, 0.15) is 0 Å². The first kappa shape index (κ1) is 14.7. The van der Waals surface area contributed by atoms with Gasteiger partial charge in [-0.2, -0.15) is 10.2 Å². The molecule has 0 radical (unpaired) electrons. The van der Waals surface area contributed by atoms with Crippen molar-refractivity contribution in [2.24, 2.45) is 0 Å². The van der Waals surface area contributed by atoms with Crippen molar-refractivity contribution >= 4 is 5.91 Å². The molecule has 2 aromatic rings. The molecule has 2 heterocycles. The molecule has 1 aliphatic rings. The van der Waals surface area contributed by atoms with E-state index in [1.54, 1.807) is 12.3 Å². The Balaban J connectivity index is 1.58. The third kappa shape index (κ3) is 3.31. The van der Waals surface area contributed by atoms with Gasteiger partial charge in [0, 0.05) is 32.7 Å². The summed E-state index contributed by atoms with van der Waals surface area (Å²) >= 11 is 0. The molecule has 0 saturated carbocycles. The minimum absolute atomic E-state index is 0.0618. The maximum Gasteiger partial charge on any atom is 0.255 e. The number of carbonyl (C=O) groups excluding carboxylic acids is 1. The van der Waals surface area contributed by atoms with Crippen LogP contribution < -0.4 is 0 Å². The van der Waals surface area contributed by atoms with Crippen LogP contribution >= 0.6 is 0 Å². The molecule has 1 aromatic carbocycles. The van der Waals surface area contributed by atoms with E-state index in [9.17, 15) is 4.79 Å². The van der Waals surface area contributed by atoms with Gasteiger partial charge in [0.25, 0.3) is 5.91 Å². The Morgan fingerprint density at radius 2 is 1.82 bits per heavy atom. The molecule has 1 saturated heterocycles. The number of amides is 1. The molecule has 5 nitrogen and oxygen atoms in total. The highest BCUT2D eigenvalue weighted by atomic mass is 16.2. The van der Waals surface area contributed by atoms with Crippen molar-refractivity contribution in [3.63, 3.8) is 0 Å². The van der Waals surface area contributed by atoms with Crippen LogP contribution in [0.5, 0.6) is 0 Å². The van der Waals surface area contributed by atoms with Crippen molar-refractivity contribution in [2.45, 2.75) is 13.5 Å². The van der Waals surface area contributed by atoms with Gasteiger partial charge in [0.05, 0.1) is 17.5 Å². The second-order valence-corrected chi connectivity index (χ2v) is 5.58. The molecule has 0 bridgehead atoms. The van der Waals surface area contributed by atoms with Crippen LogP contribution in [0.2, 0.25) is 0 Å². The van der Waals surface area contributed by atoms with E-state index in [2.05, 4.69) is 39.4 Å². The number of nitrogens with zero attached hydrogens (tertiary/aromatic N) is 4. The summed E-state index contributed by atoms with van der Waals surface area (Å²) in [6.07, 6.45) is 1.58. The van der Waals surface area contributed by atoms with E-state index in [4.69, 9.17) is 0 Å². The summed E-state index contributed by atoms with van der Waals surface area (Å²) in [4.78, 5) is 16.8. The Bertz CT molecular complexity index is 636. The molecule has 1 fully saturated rings. The zero-order valence-corrected chi connectivity index (χ0v) is 12.8. The first-order valence-electron chi connectivity index (χ1n) is 7.58. The average molecular weight is 296 g/mol. The van der Waals surface area contributed by atoms with Crippen molar-refractivity contribution in [1.82, 2.24) is 20.0 Å². The van der Waals surface area contributed by atoms with Gasteiger partial charge in [-0.25, -0.2) is 0 Å². The molecule has 114 valence electrons. The summed E-state index contributed by atoms with van der Waals surface area (Å²) < 4.78 is 0. The molecule has 0 N–H and O–H groups in total. The predicted octanol–water partition coefficient (Wildman–Crippen LogP) is 1.74. The summed E-state index contributed by atoms with van der Waals surface area (Å²) in [6.45, 7) is 6.09. The highest BCUT2D eigenvalue weighted by Gasteiger charge is 2.23. The Morgan fingerprint density at radius 1 is 1.09 bits per heavy atom. The van der Waals surface area contributed by atoms with Gasteiger partial charge >= 0.3 is 0 Å². The Kier molecular flexibility index (Phi) is 4.44. The first-order chi connectivity index (χ1) is 10.7. The Hall–Kier alpha value is -2.27. The van der Waals surface area contributed by atoms with E-state index in [1.165, 1.54) is 5.56 Å². The van der Waals surface area contributed by atoms with E-state index in [-0.39, 0.29) is 5.91 Å². The van der Waals surface area contributed by atoms with E-state index in [0.717, 1.165) is 32.7 Å². The second-order valence-electron chi connectivity index (χ2n) is 5.58. The Labute approximate surface area is 130 Å². The predicted molar refractivity (Wildman–Crippen MR) is 84.4 cm³/mol. The normalized spacial score (nSPS) is 15.8. The number of benzene rings is 1. The van der Waals surface area contributed by atoms with E-state index < -0.39 is 0 Å². The number of rotatable bonds is 3. The second kappa shape index (κ2) is 6.66. The van der Waals surface area contributed by atoms with Crippen LogP contribution in [0.25, 0.3) is 0 Å². The van der Waals surface area contributed by atoms with Crippen LogP contribution in [0.4, 0.5) is 0 Å². The van der Waals surface area contributed by atoms with Crippen LogP contribution in [0, 0.1) is 6.92 Å². The van der Waals surface area contributed by atoms with Gasteiger partial charge in [-0.1, -0.05) is 30.3 Å². The maximum absolute atomic E-state index is 12.5. The molecule has 22 heavy (non-hydrogen) atoms. The summed E-state index contributed by atoms with van der Waals surface area (Å²) in [7, 11) is 0. The van der Waals surface area contributed by atoms with Gasteiger partial charge in [0.15, 0.2) is 0 Å². The molecule has 3 rings (SSSR count). The van der Waals surface area contributed by atoms with E-state index in [0.29, 0.717) is 11.3 Å². The number of aryl methyl sites for hydroxylation is 1. The fourth-order valence-corrected chi connectivity index (χ4v) is 2.75. The molecule has 1 aliphatic heterocycles. The van der Waals surface area contributed by atoms with Crippen LogP contribution in [0.15, 0.2) is 42.6 Å². The molecule has 1 amide bonds. The molecule has 0 spiro atoms. The van der Waals surface area contributed by atoms with Gasteiger partial charge in [-0.3, -0.25) is 9.69 Å². The summed E-state index contributed by atoms with van der Waals surface area (Å²) in [5, 5.41) is 7.76. The molecular formula is C17H20N4O. The quantitative estimate of drug-likeness (QED) is 0.866. The largest absolute Gasteiger partial charge is 0.336 e. The summed E-state index contributed by atoms with van der Waals surface area (Å²) in [5.41, 5.74) is 2.67. The van der Waals surface area contributed by atoms with Gasteiger partial charge < -0.3 is 4.90 Å². The average Bonchev–Trinajstić information content (AvgIpc) is 2.56. The smallest absolute Gasteiger partial charge is 0.255 e. The molecule has 0 unspecified atom stereocenters. The van der Waals surface area contributed by atoms with Crippen LogP contribution in [0.3, 0.4) is 0 Å². The third-order valence-electron chi connectivity index (χ3n) is 4.04. The Morgan fingerprint density at radius 3 is 2.50 bits per heavy atom. The fourth-order valence-electron chi connectivity index (χ4n) is 2.75. The van der Waals surface area contributed by atoms with Crippen LogP contribution in [0.1, 0.15) is 21.6 Å². The first-order valence-corrected chi connectivity index (χ1v) is 7.58. The summed E-state index contributed by atoms with van der Waals surface area (Å²) in [5.74, 6) is 0.0618. The molecule has 0 atom stereocenters. The lowest BCUT2D eigenvalue weighted by molar-refractivity contribution is 0.0627. The third-order valence-corrected chi connectivity index (χ3v) is 4.04. The highest BCUT2D eigenvalue weighted by Crippen LogP contribution is 2.12. The molecular weight excluding hydrogens is 276 g/mol. The molecule has 5 heteroatoms. The van der Waals surface area contributed by atoms with Crippen molar-refractivity contribution in [2.75, 3.05) is 26.2 Å². The highest BCUT2D eigenvalue weighted by molar-refractivity contribution is 5.95. The van der Waals surface area contributed by atoms with Crippen molar-refractivity contribution < 1.29 is 4.79 Å². The van der Waals surface area contributed by atoms with Crippen molar-refractivity contribution in [1.29, 1.82) is 0 Å². The maximum atomic E-state index is 12.5. The van der Waals surface area contributed by atoms with Crippen LogP contribution in [-0.2, 0) is 6.54 Å². The minimum atomic E-state index is 0.0618. The lowest BCUT2D eigenvalue weighted by Gasteiger charge is -2.34. The lowest BCUT2D eigenvalue weighted by atomic mass is 10.1. The SMILES string of the molecule is Cc1nnccc1C(=O)N1CCN(Cc2ccccc2)CC1. The summed E-state index contributed by atoms with van der Waals surface area (Å²) in [6, 6.07) is 12.2. The van der Waals surface area contributed by atoms with E-state index in [1.807, 2.05) is 17.9 Å². The zero-order valence-electron chi connectivity index (χ0n) is 12.8.